The van der Waals surface area contributed by atoms with Crippen molar-refractivity contribution >= 4 is 21.5 Å². The summed E-state index contributed by atoms with van der Waals surface area (Å²) in [6.07, 6.45) is 0. The van der Waals surface area contributed by atoms with E-state index < -0.39 is 0 Å². The minimum absolute atomic E-state index is 0.625. The van der Waals surface area contributed by atoms with Gasteiger partial charge < -0.3 is 0 Å². The highest BCUT2D eigenvalue weighted by molar-refractivity contribution is 6.24. The van der Waals surface area contributed by atoms with Crippen molar-refractivity contribution in [2.45, 2.75) is 0 Å². The average Bonchev–Trinajstić information content (AvgIpc) is 3.55. The molecule has 4 nitrogen and oxygen atoms in total. The minimum atomic E-state index is 0.625. The summed E-state index contributed by atoms with van der Waals surface area (Å²) in [6, 6.07) is 61.0. The third-order valence-electron chi connectivity index (χ3n) is 10.1. The summed E-state index contributed by atoms with van der Waals surface area (Å²) in [6.45, 7) is 0. The molecule has 0 amide bonds. The third-order valence-corrected chi connectivity index (χ3v) is 10.1. The predicted molar refractivity (Wildman–Crippen MR) is 211 cm³/mol. The maximum Gasteiger partial charge on any atom is 0.164 e. The molecule has 0 atom stereocenters. The first-order chi connectivity index (χ1) is 25.7. The monoisotopic (exact) mass is 660 g/mol. The lowest BCUT2D eigenvalue weighted by Gasteiger charge is -2.17. The van der Waals surface area contributed by atoms with Crippen molar-refractivity contribution in [2.75, 3.05) is 0 Å². The van der Waals surface area contributed by atoms with Crippen LogP contribution in [-0.4, -0.2) is 15.0 Å². The highest BCUT2D eigenvalue weighted by Gasteiger charge is 2.26. The van der Waals surface area contributed by atoms with Gasteiger partial charge >= 0.3 is 0 Å². The molecule has 0 saturated heterocycles. The number of hydrogen-bond acceptors (Lipinski definition) is 4. The third kappa shape index (κ3) is 4.72. The van der Waals surface area contributed by atoms with Crippen molar-refractivity contribution < 1.29 is 0 Å². The molecule has 9 aromatic rings. The van der Waals surface area contributed by atoms with E-state index in [0.29, 0.717) is 23.0 Å². The van der Waals surface area contributed by atoms with Crippen molar-refractivity contribution in [1.82, 2.24) is 15.0 Å². The molecule has 0 fully saturated rings. The van der Waals surface area contributed by atoms with Crippen LogP contribution < -0.4 is 0 Å². The molecule has 4 heteroatoms. The van der Waals surface area contributed by atoms with Crippen LogP contribution >= 0.6 is 0 Å². The summed E-state index contributed by atoms with van der Waals surface area (Å²) < 4.78 is 0. The van der Waals surface area contributed by atoms with Crippen LogP contribution in [0.25, 0.3) is 100 Å². The normalized spacial score (nSPS) is 11.4. The first kappa shape index (κ1) is 29.7. The Morgan fingerprint density at radius 1 is 0.327 bits per heavy atom. The number of hydrogen-bond donors (Lipinski definition) is 0. The zero-order valence-corrected chi connectivity index (χ0v) is 28.0. The highest BCUT2D eigenvalue weighted by atomic mass is 15.0. The molecule has 0 aliphatic heterocycles. The van der Waals surface area contributed by atoms with E-state index in [-0.39, 0.29) is 0 Å². The lowest BCUT2D eigenvalue weighted by Crippen LogP contribution is -2.00. The molecular formula is C48H28N4. The van der Waals surface area contributed by atoms with E-state index in [9.17, 15) is 5.26 Å². The molecule has 0 bridgehead atoms. The first-order valence-corrected chi connectivity index (χ1v) is 17.3. The summed E-state index contributed by atoms with van der Waals surface area (Å²) in [5, 5.41) is 14.4. The van der Waals surface area contributed by atoms with Crippen LogP contribution in [0.2, 0.25) is 0 Å². The Morgan fingerprint density at radius 3 is 1.38 bits per heavy atom. The first-order valence-electron chi connectivity index (χ1n) is 17.3. The van der Waals surface area contributed by atoms with E-state index in [2.05, 4.69) is 97.1 Å². The van der Waals surface area contributed by atoms with Gasteiger partial charge in [0, 0.05) is 16.7 Å². The Balaban J connectivity index is 1.24. The van der Waals surface area contributed by atoms with Gasteiger partial charge in [-0.1, -0.05) is 152 Å². The van der Waals surface area contributed by atoms with Gasteiger partial charge in [-0.15, -0.1) is 0 Å². The Hall–Kier alpha value is -7.22. The van der Waals surface area contributed by atoms with Crippen molar-refractivity contribution in [3.8, 4) is 84.7 Å². The molecule has 1 aliphatic carbocycles. The maximum absolute atomic E-state index is 9.81. The smallest absolute Gasteiger partial charge is 0.164 e. The standard InChI is InChI=1S/C48H28N4/c49-29-30-12-11-17-33(28-30)34-22-24-40-36-19-8-9-20-37(36)41-25-26-42(44(34)45(40)41)39-23-27-43(38-21-10-7-18-35(38)39)48-51-46(31-13-3-1-4-14-31)50-47(52-48)32-15-5-2-6-16-32/h1-28H. The van der Waals surface area contributed by atoms with Crippen molar-refractivity contribution in [3.05, 3.63) is 175 Å². The summed E-state index contributed by atoms with van der Waals surface area (Å²) in [7, 11) is 0. The molecule has 240 valence electrons. The van der Waals surface area contributed by atoms with E-state index >= 15 is 0 Å². The van der Waals surface area contributed by atoms with Crippen molar-refractivity contribution in [2.24, 2.45) is 0 Å². The Labute approximate surface area is 301 Å². The zero-order valence-electron chi connectivity index (χ0n) is 28.0. The van der Waals surface area contributed by atoms with Crippen molar-refractivity contribution in [1.29, 1.82) is 5.26 Å². The topological polar surface area (TPSA) is 62.5 Å². The van der Waals surface area contributed by atoms with Gasteiger partial charge in [-0.25, -0.2) is 15.0 Å². The van der Waals surface area contributed by atoms with E-state index in [0.717, 1.165) is 49.7 Å². The Bertz CT molecular complexity index is 2820. The fraction of sp³-hybridized carbons (Fsp3) is 0. The molecule has 10 rings (SSSR count). The fourth-order valence-corrected chi connectivity index (χ4v) is 7.78. The SMILES string of the molecule is N#Cc1cccc(-c2ccc3c4c(ccc(-c5ccc(-c6nc(-c7ccccc7)nc(-c7ccccc7)n6)c6ccccc56)c24)-c2ccccc2-3)c1. The van der Waals surface area contributed by atoms with Crippen LogP contribution in [0.1, 0.15) is 5.56 Å². The average molecular weight is 661 g/mol. The van der Waals surface area contributed by atoms with E-state index in [1.807, 2.05) is 78.9 Å². The molecule has 0 N–H and O–H groups in total. The predicted octanol–water partition coefficient (Wildman–Crippen LogP) is 12.0. The second kappa shape index (κ2) is 12.0. The van der Waals surface area contributed by atoms with Crippen LogP contribution in [0.5, 0.6) is 0 Å². The second-order valence-corrected chi connectivity index (χ2v) is 13.1. The van der Waals surface area contributed by atoms with Crippen LogP contribution in [-0.2, 0) is 0 Å². The van der Waals surface area contributed by atoms with Gasteiger partial charge in [0.1, 0.15) is 0 Å². The summed E-state index contributed by atoms with van der Waals surface area (Å²) in [5.41, 5.74) is 12.8. The number of fused-ring (bicyclic) bond motifs is 4. The molecule has 0 spiro atoms. The summed E-state index contributed by atoms with van der Waals surface area (Å²) in [4.78, 5) is 15.1. The highest BCUT2D eigenvalue weighted by Crippen LogP contribution is 2.52. The van der Waals surface area contributed by atoms with Gasteiger partial charge in [0.2, 0.25) is 0 Å². The van der Waals surface area contributed by atoms with Gasteiger partial charge in [0.05, 0.1) is 11.6 Å². The van der Waals surface area contributed by atoms with E-state index in [1.165, 1.54) is 33.0 Å². The van der Waals surface area contributed by atoms with Gasteiger partial charge in [0.25, 0.3) is 0 Å². The summed E-state index contributed by atoms with van der Waals surface area (Å²) >= 11 is 0. The van der Waals surface area contributed by atoms with Gasteiger partial charge in [-0.2, -0.15) is 5.26 Å². The van der Waals surface area contributed by atoms with Gasteiger partial charge in [-0.3, -0.25) is 0 Å². The lowest BCUT2D eigenvalue weighted by atomic mass is 9.86. The lowest BCUT2D eigenvalue weighted by molar-refractivity contribution is 1.08. The van der Waals surface area contributed by atoms with Gasteiger partial charge in [0.15, 0.2) is 17.5 Å². The quantitative estimate of drug-likeness (QED) is 0.184. The molecule has 0 saturated carbocycles. The van der Waals surface area contributed by atoms with E-state index in [4.69, 9.17) is 15.0 Å². The summed E-state index contributed by atoms with van der Waals surface area (Å²) in [5.74, 6) is 1.89. The van der Waals surface area contributed by atoms with Crippen LogP contribution in [0.4, 0.5) is 0 Å². The minimum Gasteiger partial charge on any atom is -0.208 e. The molecule has 0 radical (unpaired) electrons. The molecule has 1 aliphatic rings. The Morgan fingerprint density at radius 2 is 0.769 bits per heavy atom. The molecule has 52 heavy (non-hydrogen) atoms. The largest absolute Gasteiger partial charge is 0.208 e. The molecular weight excluding hydrogens is 633 g/mol. The molecule has 0 unspecified atom stereocenters. The van der Waals surface area contributed by atoms with Crippen LogP contribution in [0.15, 0.2) is 170 Å². The second-order valence-electron chi connectivity index (χ2n) is 13.1. The Kier molecular flexibility index (Phi) is 6.84. The number of rotatable bonds is 5. The molecule has 8 aromatic carbocycles. The van der Waals surface area contributed by atoms with Crippen LogP contribution in [0, 0.1) is 11.3 Å². The maximum atomic E-state index is 9.81. The van der Waals surface area contributed by atoms with E-state index in [1.54, 1.807) is 0 Å². The van der Waals surface area contributed by atoms with Gasteiger partial charge in [-0.05, 0) is 84.3 Å². The van der Waals surface area contributed by atoms with Crippen LogP contribution in [0.3, 0.4) is 0 Å². The number of benzene rings is 8. The van der Waals surface area contributed by atoms with Crippen molar-refractivity contribution in [3.63, 3.8) is 0 Å². The number of aromatic nitrogens is 3. The molecule has 1 heterocycles. The zero-order chi connectivity index (χ0) is 34.6. The number of nitriles is 1. The fourth-order valence-electron chi connectivity index (χ4n) is 7.78. The molecule has 1 aromatic heterocycles. The number of nitrogens with zero attached hydrogens (tertiary/aromatic N) is 4.